The van der Waals surface area contributed by atoms with E-state index in [1.54, 1.807) is 20.1 Å². The van der Waals surface area contributed by atoms with E-state index in [-0.39, 0.29) is 30.8 Å². The fourth-order valence-corrected chi connectivity index (χ4v) is 4.24. The second kappa shape index (κ2) is 8.69. The van der Waals surface area contributed by atoms with Crippen LogP contribution in [0.2, 0.25) is 0 Å². The van der Waals surface area contributed by atoms with Gasteiger partial charge < -0.3 is 14.5 Å². The van der Waals surface area contributed by atoms with Crippen molar-refractivity contribution in [2.45, 2.75) is 32.8 Å². The second-order valence-corrected chi connectivity index (χ2v) is 8.49. The van der Waals surface area contributed by atoms with Crippen LogP contribution in [0.5, 0.6) is 5.75 Å². The molecular formula is C25H27N3O5. The van der Waals surface area contributed by atoms with Crippen molar-refractivity contribution >= 4 is 23.4 Å². The highest BCUT2D eigenvalue weighted by Crippen LogP contribution is 2.37. The van der Waals surface area contributed by atoms with Crippen LogP contribution in [0.25, 0.3) is 0 Å². The van der Waals surface area contributed by atoms with Crippen LogP contribution in [0.1, 0.15) is 47.3 Å². The molecule has 0 N–H and O–H groups in total. The van der Waals surface area contributed by atoms with Crippen molar-refractivity contribution < 1.29 is 24.0 Å². The first-order chi connectivity index (χ1) is 15.8. The van der Waals surface area contributed by atoms with E-state index in [0.717, 1.165) is 28.2 Å². The molecule has 1 saturated heterocycles. The number of carbonyl (C=O) groups excluding carboxylic acids is 3. The molecule has 2 aliphatic rings. The zero-order valence-electron chi connectivity index (χ0n) is 19.3. The molecule has 2 heterocycles. The summed E-state index contributed by atoms with van der Waals surface area (Å²) in [5, 5.41) is 4.32. The van der Waals surface area contributed by atoms with Crippen LogP contribution in [0.3, 0.4) is 0 Å². The number of rotatable bonds is 5. The Morgan fingerprint density at radius 2 is 1.79 bits per heavy atom. The largest absolute Gasteiger partial charge is 0.497 e. The molecule has 1 unspecified atom stereocenters. The van der Waals surface area contributed by atoms with Crippen LogP contribution in [-0.2, 0) is 20.0 Å². The topological polar surface area (TPSA) is 88.5 Å². The second-order valence-electron chi connectivity index (χ2n) is 8.49. The smallest absolute Gasteiger partial charge is 0.255 e. The lowest BCUT2D eigenvalue weighted by Gasteiger charge is -2.32. The van der Waals surface area contributed by atoms with Gasteiger partial charge in [-0.05, 0) is 61.7 Å². The number of hydrogen-bond acceptors (Lipinski definition) is 6. The monoisotopic (exact) mass is 449 g/mol. The Kier molecular flexibility index (Phi) is 5.93. The van der Waals surface area contributed by atoms with E-state index in [9.17, 15) is 14.4 Å². The van der Waals surface area contributed by atoms with Crippen LogP contribution >= 0.6 is 0 Å². The molecule has 172 valence electrons. The van der Waals surface area contributed by atoms with Crippen molar-refractivity contribution in [2.24, 2.45) is 5.16 Å². The number of hydrogen-bond donors (Lipinski definition) is 0. The molecule has 4 rings (SSSR count). The Morgan fingerprint density at radius 1 is 1.12 bits per heavy atom. The Morgan fingerprint density at radius 3 is 2.36 bits per heavy atom. The number of ether oxygens (including phenoxy) is 1. The van der Waals surface area contributed by atoms with Crippen LogP contribution in [-0.4, -0.2) is 60.0 Å². The maximum absolute atomic E-state index is 13.0. The van der Waals surface area contributed by atoms with E-state index >= 15 is 0 Å². The van der Waals surface area contributed by atoms with Crippen LogP contribution in [0.4, 0.5) is 0 Å². The fourth-order valence-electron chi connectivity index (χ4n) is 4.24. The van der Waals surface area contributed by atoms with Crippen molar-refractivity contribution in [3.8, 4) is 5.75 Å². The minimum Gasteiger partial charge on any atom is -0.497 e. The number of benzene rings is 2. The average Bonchev–Trinajstić information content (AvgIpc) is 3.21. The number of piperazine rings is 1. The van der Waals surface area contributed by atoms with Crippen molar-refractivity contribution in [1.82, 2.24) is 9.80 Å². The summed E-state index contributed by atoms with van der Waals surface area (Å²) in [6, 6.07) is 13.1. The SMILES string of the molecule is CCN1C(=O)CN(C(=O)c2ccc(C3=NOC(C)(c4ccc(OC)cc4)C3)cc2C)CC1=O. The van der Waals surface area contributed by atoms with E-state index < -0.39 is 5.60 Å². The van der Waals surface area contributed by atoms with Crippen LogP contribution in [0, 0.1) is 6.92 Å². The Bertz CT molecular complexity index is 1120. The normalized spacial score (nSPS) is 20.5. The van der Waals surface area contributed by atoms with E-state index in [4.69, 9.17) is 9.57 Å². The average molecular weight is 450 g/mol. The van der Waals surface area contributed by atoms with E-state index in [2.05, 4.69) is 5.16 Å². The number of methoxy groups -OCH3 is 1. The van der Waals surface area contributed by atoms with Gasteiger partial charge in [0, 0.05) is 18.5 Å². The summed E-state index contributed by atoms with van der Waals surface area (Å²) in [5.74, 6) is -0.264. The number of amides is 3. The van der Waals surface area contributed by atoms with Gasteiger partial charge in [-0.1, -0.05) is 23.4 Å². The lowest BCUT2D eigenvalue weighted by molar-refractivity contribution is -0.149. The van der Waals surface area contributed by atoms with E-state index in [0.29, 0.717) is 18.5 Å². The highest BCUT2D eigenvalue weighted by atomic mass is 16.7. The van der Waals surface area contributed by atoms with E-state index in [1.807, 2.05) is 50.2 Å². The molecule has 1 fully saturated rings. The molecule has 1 atom stereocenters. The highest BCUT2D eigenvalue weighted by Gasteiger charge is 2.37. The molecule has 2 aliphatic heterocycles. The summed E-state index contributed by atoms with van der Waals surface area (Å²) in [6.07, 6.45) is 0.577. The number of nitrogens with zero attached hydrogens (tertiary/aromatic N) is 3. The summed E-state index contributed by atoms with van der Waals surface area (Å²) in [6.45, 7) is 5.68. The van der Waals surface area contributed by atoms with Gasteiger partial charge in [0.05, 0.1) is 12.8 Å². The highest BCUT2D eigenvalue weighted by molar-refractivity contribution is 6.07. The molecule has 0 bridgehead atoms. The maximum Gasteiger partial charge on any atom is 0.255 e. The Balaban J connectivity index is 1.49. The molecule has 33 heavy (non-hydrogen) atoms. The van der Waals surface area contributed by atoms with Gasteiger partial charge in [0.1, 0.15) is 18.8 Å². The first kappa shape index (κ1) is 22.5. The zero-order valence-corrected chi connectivity index (χ0v) is 19.3. The first-order valence-corrected chi connectivity index (χ1v) is 10.9. The van der Waals surface area contributed by atoms with Gasteiger partial charge in [-0.15, -0.1) is 0 Å². The third-order valence-corrected chi connectivity index (χ3v) is 6.21. The summed E-state index contributed by atoms with van der Waals surface area (Å²) in [4.78, 5) is 45.7. The summed E-state index contributed by atoms with van der Waals surface area (Å²) in [5.41, 5.74) is 3.26. The van der Waals surface area contributed by atoms with Crippen molar-refractivity contribution in [3.63, 3.8) is 0 Å². The molecule has 0 radical (unpaired) electrons. The first-order valence-electron chi connectivity index (χ1n) is 10.9. The number of aryl methyl sites for hydroxylation is 1. The lowest BCUT2D eigenvalue weighted by atomic mass is 9.88. The molecule has 0 spiro atoms. The van der Waals surface area contributed by atoms with Gasteiger partial charge in [0.25, 0.3) is 5.91 Å². The van der Waals surface area contributed by atoms with Crippen molar-refractivity contribution in [1.29, 1.82) is 0 Å². The fraction of sp³-hybridized carbons (Fsp3) is 0.360. The van der Waals surface area contributed by atoms with Gasteiger partial charge in [0.2, 0.25) is 11.8 Å². The molecule has 2 aromatic rings. The van der Waals surface area contributed by atoms with Crippen LogP contribution < -0.4 is 4.74 Å². The Labute approximate surface area is 192 Å². The van der Waals surface area contributed by atoms with Crippen LogP contribution in [0.15, 0.2) is 47.6 Å². The summed E-state index contributed by atoms with van der Waals surface area (Å²) < 4.78 is 5.23. The standard InChI is InChI=1S/C25H27N3O5/c1-5-28-22(29)14-27(15-23(28)30)24(31)20-11-6-17(12-16(20)2)21-13-25(3,33-26-21)18-7-9-19(32-4)10-8-18/h6-12H,5,13-15H2,1-4H3. The molecule has 8 nitrogen and oxygen atoms in total. The molecule has 0 aromatic heterocycles. The van der Waals surface area contributed by atoms with Crippen molar-refractivity contribution in [2.75, 3.05) is 26.7 Å². The minimum absolute atomic E-state index is 0.0969. The van der Waals surface area contributed by atoms with Gasteiger partial charge in [0.15, 0.2) is 5.60 Å². The number of imide groups is 1. The van der Waals surface area contributed by atoms with Gasteiger partial charge >= 0.3 is 0 Å². The third kappa shape index (κ3) is 4.20. The zero-order chi connectivity index (χ0) is 23.8. The minimum atomic E-state index is -0.594. The predicted molar refractivity (Wildman–Crippen MR) is 122 cm³/mol. The molecule has 2 aromatic carbocycles. The summed E-state index contributed by atoms with van der Waals surface area (Å²) >= 11 is 0. The maximum atomic E-state index is 13.0. The molecule has 8 heteroatoms. The van der Waals surface area contributed by atoms with E-state index in [1.165, 1.54) is 9.80 Å². The van der Waals surface area contributed by atoms with Gasteiger partial charge in [-0.3, -0.25) is 19.3 Å². The Hall–Kier alpha value is -3.68. The molecule has 0 saturated carbocycles. The molecular weight excluding hydrogens is 422 g/mol. The quantitative estimate of drug-likeness (QED) is 0.655. The predicted octanol–water partition coefficient (Wildman–Crippen LogP) is 2.87. The number of carbonyl (C=O) groups is 3. The molecule has 3 amide bonds. The van der Waals surface area contributed by atoms with Gasteiger partial charge in [-0.2, -0.15) is 0 Å². The van der Waals surface area contributed by atoms with Gasteiger partial charge in [-0.25, -0.2) is 0 Å². The van der Waals surface area contributed by atoms with Crippen molar-refractivity contribution in [3.05, 3.63) is 64.7 Å². The number of oxime groups is 1. The third-order valence-electron chi connectivity index (χ3n) is 6.21. The lowest BCUT2D eigenvalue weighted by Crippen LogP contribution is -2.55. The number of likely N-dealkylation sites (N-methyl/N-ethyl adjacent to an activating group) is 1. The summed E-state index contributed by atoms with van der Waals surface area (Å²) in [7, 11) is 1.63. The molecule has 0 aliphatic carbocycles.